The molecule has 0 saturated carbocycles. The maximum atomic E-state index is 8.82. The molecule has 1 aliphatic rings. The average molecular weight is 280 g/mol. The fourth-order valence-electron chi connectivity index (χ4n) is 2.77. The monoisotopic (exact) mass is 280 g/mol. The minimum Gasteiger partial charge on any atom is -0.396 e. The van der Waals surface area contributed by atoms with Gasteiger partial charge in [0.25, 0.3) is 0 Å². The molecule has 0 atom stereocenters. The molecule has 20 heavy (non-hydrogen) atoms. The minimum absolute atomic E-state index is 0.319. The van der Waals surface area contributed by atoms with Crippen molar-refractivity contribution in [1.82, 2.24) is 19.4 Å². The predicted octanol–water partition coefficient (Wildman–Crippen LogP) is 1.35. The molecule has 5 heteroatoms. The molecule has 5 nitrogen and oxygen atoms in total. The summed E-state index contributed by atoms with van der Waals surface area (Å²) in [6, 6.07) is 0.479. The van der Waals surface area contributed by atoms with Crippen molar-refractivity contribution in [2.75, 3.05) is 39.3 Å². The van der Waals surface area contributed by atoms with E-state index in [2.05, 4.69) is 33.2 Å². The molecule has 114 valence electrons. The third-order valence-electron chi connectivity index (χ3n) is 4.04. The number of unbranched alkanes of at least 4 members (excludes halogenated alkanes) is 1. The van der Waals surface area contributed by atoms with Crippen LogP contribution in [0.25, 0.3) is 0 Å². The lowest BCUT2D eigenvalue weighted by molar-refractivity contribution is 0.121. The molecule has 0 amide bonds. The van der Waals surface area contributed by atoms with Gasteiger partial charge in [0.05, 0.1) is 12.0 Å². The van der Waals surface area contributed by atoms with Crippen molar-refractivity contribution in [2.45, 2.75) is 39.3 Å². The van der Waals surface area contributed by atoms with E-state index in [4.69, 9.17) is 5.11 Å². The van der Waals surface area contributed by atoms with Crippen molar-refractivity contribution in [3.63, 3.8) is 0 Å². The maximum absolute atomic E-state index is 8.82. The lowest BCUT2D eigenvalue weighted by Gasteiger charge is -2.34. The highest BCUT2D eigenvalue weighted by Gasteiger charge is 2.18. The van der Waals surface area contributed by atoms with Crippen LogP contribution >= 0.6 is 0 Å². The van der Waals surface area contributed by atoms with Crippen LogP contribution in [0.5, 0.6) is 0 Å². The van der Waals surface area contributed by atoms with Crippen LogP contribution in [-0.2, 0) is 6.54 Å². The van der Waals surface area contributed by atoms with Crippen LogP contribution in [0.3, 0.4) is 0 Å². The largest absolute Gasteiger partial charge is 0.396 e. The number of nitrogens with zero attached hydrogens (tertiary/aromatic N) is 4. The van der Waals surface area contributed by atoms with Gasteiger partial charge in [0, 0.05) is 51.6 Å². The van der Waals surface area contributed by atoms with Crippen LogP contribution in [0.4, 0.5) is 0 Å². The van der Waals surface area contributed by atoms with Gasteiger partial charge in [-0.1, -0.05) is 0 Å². The molecule has 0 unspecified atom stereocenters. The highest BCUT2D eigenvalue weighted by Crippen LogP contribution is 2.13. The van der Waals surface area contributed by atoms with Gasteiger partial charge in [-0.2, -0.15) is 0 Å². The molecule has 1 fully saturated rings. The summed E-state index contributed by atoms with van der Waals surface area (Å²) in [4.78, 5) is 9.29. The topological polar surface area (TPSA) is 44.5 Å². The number of hydrogen-bond acceptors (Lipinski definition) is 4. The molecule has 0 aromatic carbocycles. The lowest BCUT2D eigenvalue weighted by atomic mass is 10.2. The van der Waals surface area contributed by atoms with Gasteiger partial charge in [0.15, 0.2) is 0 Å². The van der Waals surface area contributed by atoms with Gasteiger partial charge in [-0.05, 0) is 33.2 Å². The van der Waals surface area contributed by atoms with E-state index in [0.29, 0.717) is 12.6 Å². The summed E-state index contributed by atoms with van der Waals surface area (Å²) in [5, 5.41) is 8.82. The summed E-state index contributed by atoms with van der Waals surface area (Å²) in [6.07, 6.45) is 5.96. The molecular formula is C15H28N4O. The third-order valence-corrected chi connectivity index (χ3v) is 4.04. The van der Waals surface area contributed by atoms with Crippen LogP contribution in [0.2, 0.25) is 0 Å². The Morgan fingerprint density at radius 3 is 2.50 bits per heavy atom. The zero-order valence-corrected chi connectivity index (χ0v) is 12.8. The minimum atomic E-state index is 0.319. The van der Waals surface area contributed by atoms with Gasteiger partial charge < -0.3 is 14.6 Å². The van der Waals surface area contributed by atoms with E-state index in [1.54, 1.807) is 0 Å². The summed E-state index contributed by atoms with van der Waals surface area (Å²) in [5.41, 5.74) is 1.31. The van der Waals surface area contributed by atoms with Crippen molar-refractivity contribution in [2.24, 2.45) is 0 Å². The second kappa shape index (κ2) is 7.76. The lowest BCUT2D eigenvalue weighted by Crippen LogP contribution is -2.46. The van der Waals surface area contributed by atoms with E-state index < -0.39 is 0 Å². The Kier molecular flexibility index (Phi) is 6.01. The highest BCUT2D eigenvalue weighted by atomic mass is 16.2. The number of piperazine rings is 1. The summed E-state index contributed by atoms with van der Waals surface area (Å²) in [6.45, 7) is 11.4. The van der Waals surface area contributed by atoms with Gasteiger partial charge in [-0.15, -0.1) is 0 Å². The zero-order valence-electron chi connectivity index (χ0n) is 12.8. The molecule has 0 radical (unpaired) electrons. The first-order valence-corrected chi connectivity index (χ1v) is 7.77. The summed E-state index contributed by atoms with van der Waals surface area (Å²) in [7, 11) is 0. The number of hydrogen-bond donors (Lipinski definition) is 1. The van der Waals surface area contributed by atoms with Crippen LogP contribution in [0, 0.1) is 0 Å². The van der Waals surface area contributed by atoms with Crippen LogP contribution < -0.4 is 0 Å². The quantitative estimate of drug-likeness (QED) is 0.766. The first-order chi connectivity index (χ1) is 9.70. The number of rotatable bonds is 7. The number of aliphatic hydroxyl groups excluding tert-OH is 1. The first kappa shape index (κ1) is 15.5. The fraction of sp³-hybridized carbons (Fsp3) is 0.800. The van der Waals surface area contributed by atoms with Crippen molar-refractivity contribution < 1.29 is 5.11 Å². The molecule has 2 rings (SSSR count). The van der Waals surface area contributed by atoms with Gasteiger partial charge in [-0.3, -0.25) is 4.90 Å². The Bertz CT molecular complexity index is 383. The van der Waals surface area contributed by atoms with E-state index >= 15 is 0 Å². The molecule has 1 N–H and O–H groups in total. The first-order valence-electron chi connectivity index (χ1n) is 7.77. The average Bonchev–Trinajstić information content (AvgIpc) is 2.89. The van der Waals surface area contributed by atoms with Crippen LogP contribution in [-0.4, -0.2) is 63.8 Å². The van der Waals surface area contributed by atoms with E-state index in [-0.39, 0.29) is 0 Å². The Morgan fingerprint density at radius 2 is 1.85 bits per heavy atom. The molecule has 1 aliphatic heterocycles. The maximum Gasteiger partial charge on any atom is 0.0951 e. The number of imidazole rings is 1. The Hall–Kier alpha value is -0.910. The molecule has 0 spiro atoms. The Labute approximate surface area is 122 Å². The van der Waals surface area contributed by atoms with Crippen LogP contribution in [0.15, 0.2) is 12.5 Å². The highest BCUT2D eigenvalue weighted by molar-refractivity contribution is 5.00. The Morgan fingerprint density at radius 1 is 1.15 bits per heavy atom. The van der Waals surface area contributed by atoms with Crippen molar-refractivity contribution in [3.05, 3.63) is 18.2 Å². The zero-order chi connectivity index (χ0) is 14.4. The molecule has 1 aromatic heterocycles. The van der Waals surface area contributed by atoms with Gasteiger partial charge in [0.1, 0.15) is 0 Å². The predicted molar refractivity (Wildman–Crippen MR) is 80.6 cm³/mol. The third kappa shape index (κ3) is 4.30. The second-order valence-corrected chi connectivity index (χ2v) is 5.93. The summed E-state index contributed by atoms with van der Waals surface area (Å²) >= 11 is 0. The number of aromatic nitrogens is 2. The standard InChI is InChI=1S/C15H28N4O/c1-14(2)19-13-16-11-15(19)12-18-8-6-17(7-9-18)5-3-4-10-20/h11,13-14,20H,3-10,12H2,1-2H3. The fourth-order valence-corrected chi connectivity index (χ4v) is 2.77. The molecular weight excluding hydrogens is 252 g/mol. The van der Waals surface area contributed by atoms with Crippen molar-refractivity contribution in [3.8, 4) is 0 Å². The van der Waals surface area contributed by atoms with E-state index in [1.165, 1.54) is 5.69 Å². The molecule has 1 saturated heterocycles. The van der Waals surface area contributed by atoms with Gasteiger partial charge in [0.2, 0.25) is 0 Å². The number of aliphatic hydroxyl groups is 1. The molecule has 0 aliphatic carbocycles. The van der Waals surface area contributed by atoms with E-state index in [0.717, 1.165) is 52.1 Å². The van der Waals surface area contributed by atoms with Crippen LogP contribution in [0.1, 0.15) is 38.4 Å². The summed E-state index contributed by atoms with van der Waals surface area (Å²) < 4.78 is 2.26. The Balaban J connectivity index is 1.75. The summed E-state index contributed by atoms with van der Waals surface area (Å²) in [5.74, 6) is 0. The molecule has 0 bridgehead atoms. The van der Waals surface area contributed by atoms with Crippen molar-refractivity contribution in [1.29, 1.82) is 0 Å². The van der Waals surface area contributed by atoms with Crippen molar-refractivity contribution >= 4 is 0 Å². The molecule has 1 aromatic rings. The van der Waals surface area contributed by atoms with E-state index in [9.17, 15) is 0 Å². The van der Waals surface area contributed by atoms with E-state index in [1.807, 2.05) is 12.5 Å². The molecule has 2 heterocycles. The smallest absolute Gasteiger partial charge is 0.0951 e. The van der Waals surface area contributed by atoms with Gasteiger partial charge in [-0.25, -0.2) is 4.98 Å². The second-order valence-electron chi connectivity index (χ2n) is 5.93. The van der Waals surface area contributed by atoms with Gasteiger partial charge >= 0.3 is 0 Å². The normalized spacial score (nSPS) is 18.0. The SMILES string of the molecule is CC(C)n1cncc1CN1CCN(CCCCO)CC1.